The van der Waals surface area contributed by atoms with Crippen molar-refractivity contribution in [1.29, 1.82) is 0 Å². The van der Waals surface area contributed by atoms with Gasteiger partial charge < -0.3 is 5.32 Å². The summed E-state index contributed by atoms with van der Waals surface area (Å²) in [4.78, 5) is 2.35. The van der Waals surface area contributed by atoms with E-state index in [0.29, 0.717) is 12.6 Å². The second-order valence-electron chi connectivity index (χ2n) is 4.93. The van der Waals surface area contributed by atoms with Crippen molar-refractivity contribution in [2.75, 3.05) is 20.1 Å². The highest BCUT2D eigenvalue weighted by Gasteiger charge is 2.21. The third-order valence-corrected chi connectivity index (χ3v) is 3.56. The van der Waals surface area contributed by atoms with Gasteiger partial charge in [-0.2, -0.15) is 0 Å². The predicted octanol–water partition coefficient (Wildman–Crippen LogP) is 2.54. The fraction of sp³-hybridized carbons (Fsp3) is 0.571. The molecule has 1 aromatic carbocycles. The zero-order valence-corrected chi connectivity index (χ0v) is 10.8. The van der Waals surface area contributed by atoms with Crippen LogP contribution in [0.1, 0.15) is 24.8 Å². The molecule has 4 heteroatoms. The largest absolute Gasteiger partial charge is 0.318 e. The molecule has 1 fully saturated rings. The van der Waals surface area contributed by atoms with Gasteiger partial charge in [0.15, 0.2) is 11.6 Å². The lowest BCUT2D eigenvalue weighted by atomic mass is 10.0. The molecule has 0 aliphatic carbocycles. The molecule has 2 rings (SSSR count). The van der Waals surface area contributed by atoms with Crippen molar-refractivity contribution in [2.24, 2.45) is 0 Å². The quantitative estimate of drug-likeness (QED) is 0.888. The number of likely N-dealkylation sites (tertiary alicyclic amines) is 1. The fourth-order valence-electron chi connectivity index (χ4n) is 2.61. The molecule has 1 saturated heterocycles. The van der Waals surface area contributed by atoms with Gasteiger partial charge in [0.2, 0.25) is 0 Å². The number of piperidine rings is 1. The van der Waals surface area contributed by atoms with Crippen LogP contribution in [0.15, 0.2) is 18.2 Å². The van der Waals surface area contributed by atoms with Gasteiger partial charge in [-0.25, -0.2) is 8.78 Å². The Labute approximate surface area is 107 Å². The Balaban J connectivity index is 2.03. The van der Waals surface area contributed by atoms with Crippen molar-refractivity contribution in [2.45, 2.75) is 31.8 Å². The number of halogens is 2. The van der Waals surface area contributed by atoms with Crippen molar-refractivity contribution < 1.29 is 8.78 Å². The zero-order chi connectivity index (χ0) is 13.0. The Hall–Kier alpha value is -1.00. The van der Waals surface area contributed by atoms with Crippen molar-refractivity contribution in [1.82, 2.24) is 10.2 Å². The van der Waals surface area contributed by atoms with E-state index >= 15 is 0 Å². The second-order valence-corrected chi connectivity index (χ2v) is 4.93. The maximum absolute atomic E-state index is 13.2. The minimum atomic E-state index is -0.774. The molecule has 0 saturated carbocycles. The first-order valence-electron chi connectivity index (χ1n) is 6.53. The SMILES string of the molecule is CNCC1CCCCN1Cc1ccc(F)c(F)c1. The normalized spacial score (nSPS) is 21.2. The fourth-order valence-corrected chi connectivity index (χ4v) is 2.61. The zero-order valence-electron chi connectivity index (χ0n) is 10.8. The first-order chi connectivity index (χ1) is 8.70. The van der Waals surface area contributed by atoms with Crippen molar-refractivity contribution in [3.05, 3.63) is 35.4 Å². The lowest BCUT2D eigenvalue weighted by Gasteiger charge is -2.35. The van der Waals surface area contributed by atoms with Gasteiger partial charge in [0, 0.05) is 19.1 Å². The monoisotopic (exact) mass is 254 g/mol. The Morgan fingerprint density at radius 2 is 2.11 bits per heavy atom. The maximum atomic E-state index is 13.2. The van der Waals surface area contributed by atoms with Crippen LogP contribution in [0.3, 0.4) is 0 Å². The minimum absolute atomic E-state index is 0.497. The molecular weight excluding hydrogens is 234 g/mol. The molecule has 100 valence electrons. The molecule has 1 unspecified atom stereocenters. The van der Waals surface area contributed by atoms with Crippen LogP contribution in [0.5, 0.6) is 0 Å². The van der Waals surface area contributed by atoms with Crippen LogP contribution in [0.25, 0.3) is 0 Å². The third-order valence-electron chi connectivity index (χ3n) is 3.56. The molecule has 1 N–H and O–H groups in total. The molecule has 2 nitrogen and oxygen atoms in total. The van der Waals surface area contributed by atoms with Gasteiger partial charge in [-0.3, -0.25) is 4.90 Å². The van der Waals surface area contributed by atoms with E-state index in [9.17, 15) is 8.78 Å². The molecule has 1 aromatic rings. The van der Waals surface area contributed by atoms with Gasteiger partial charge in [0.25, 0.3) is 0 Å². The molecule has 0 aromatic heterocycles. The smallest absolute Gasteiger partial charge is 0.159 e. The molecule has 0 radical (unpaired) electrons. The van der Waals surface area contributed by atoms with Gasteiger partial charge >= 0.3 is 0 Å². The molecule has 1 aliphatic heterocycles. The summed E-state index contributed by atoms with van der Waals surface area (Å²) < 4.78 is 26.0. The second kappa shape index (κ2) is 6.25. The Bertz CT molecular complexity index is 393. The summed E-state index contributed by atoms with van der Waals surface area (Å²) in [6.45, 7) is 2.68. The molecule has 1 atom stereocenters. The van der Waals surface area contributed by atoms with Crippen LogP contribution < -0.4 is 5.32 Å². The summed E-state index contributed by atoms with van der Waals surface area (Å²) in [7, 11) is 1.95. The number of hydrogen-bond acceptors (Lipinski definition) is 2. The van der Waals surface area contributed by atoms with Crippen molar-refractivity contribution >= 4 is 0 Å². The number of nitrogens with one attached hydrogen (secondary N) is 1. The Kier molecular flexibility index (Phi) is 4.66. The van der Waals surface area contributed by atoms with E-state index < -0.39 is 11.6 Å². The average Bonchev–Trinajstić information content (AvgIpc) is 2.37. The highest BCUT2D eigenvalue weighted by Crippen LogP contribution is 2.20. The minimum Gasteiger partial charge on any atom is -0.318 e. The van der Waals surface area contributed by atoms with Crippen LogP contribution in [-0.2, 0) is 6.54 Å². The highest BCUT2D eigenvalue weighted by atomic mass is 19.2. The van der Waals surface area contributed by atoms with E-state index in [0.717, 1.165) is 18.7 Å². The molecular formula is C14H20F2N2. The summed E-state index contributed by atoms with van der Waals surface area (Å²) >= 11 is 0. The third kappa shape index (κ3) is 3.27. The summed E-state index contributed by atoms with van der Waals surface area (Å²) in [5, 5.41) is 3.20. The first kappa shape index (κ1) is 13.4. The molecule has 1 heterocycles. The van der Waals surface area contributed by atoms with E-state index in [1.165, 1.54) is 31.4 Å². The van der Waals surface area contributed by atoms with E-state index in [-0.39, 0.29) is 0 Å². The summed E-state index contributed by atoms with van der Waals surface area (Å²) in [6.07, 6.45) is 3.61. The van der Waals surface area contributed by atoms with Gasteiger partial charge in [-0.1, -0.05) is 12.5 Å². The van der Waals surface area contributed by atoms with Gasteiger partial charge in [-0.05, 0) is 44.1 Å². The highest BCUT2D eigenvalue weighted by molar-refractivity contribution is 5.17. The van der Waals surface area contributed by atoms with Crippen LogP contribution in [-0.4, -0.2) is 31.1 Å². The summed E-state index contributed by atoms with van der Waals surface area (Å²) in [5.41, 5.74) is 0.844. The number of nitrogens with zero attached hydrogens (tertiary/aromatic N) is 1. The van der Waals surface area contributed by atoms with E-state index in [1.807, 2.05) is 7.05 Å². The van der Waals surface area contributed by atoms with Crippen molar-refractivity contribution in [3.63, 3.8) is 0 Å². The number of likely N-dealkylation sites (N-methyl/N-ethyl adjacent to an activating group) is 1. The van der Waals surface area contributed by atoms with E-state index in [4.69, 9.17) is 0 Å². The summed E-state index contributed by atoms with van der Waals surface area (Å²) in [5.74, 6) is -1.53. The van der Waals surface area contributed by atoms with Crippen molar-refractivity contribution in [3.8, 4) is 0 Å². The average molecular weight is 254 g/mol. The van der Waals surface area contributed by atoms with Crippen LogP contribution in [0, 0.1) is 11.6 Å². The molecule has 0 spiro atoms. The lowest BCUT2D eigenvalue weighted by Crippen LogP contribution is -2.44. The van der Waals surface area contributed by atoms with E-state index in [2.05, 4.69) is 10.2 Å². The standard InChI is InChI=1S/C14H20F2N2/c1-17-9-12-4-2-3-7-18(12)10-11-5-6-13(15)14(16)8-11/h5-6,8,12,17H,2-4,7,9-10H2,1H3. The summed E-state index contributed by atoms with van der Waals surface area (Å²) in [6, 6.07) is 4.68. The Morgan fingerprint density at radius 1 is 1.28 bits per heavy atom. The molecule has 18 heavy (non-hydrogen) atoms. The maximum Gasteiger partial charge on any atom is 0.159 e. The van der Waals surface area contributed by atoms with Crippen LogP contribution >= 0.6 is 0 Å². The van der Waals surface area contributed by atoms with Gasteiger partial charge in [0.05, 0.1) is 0 Å². The first-order valence-corrected chi connectivity index (χ1v) is 6.53. The topological polar surface area (TPSA) is 15.3 Å². The number of rotatable bonds is 4. The van der Waals surface area contributed by atoms with Crippen LogP contribution in [0.4, 0.5) is 8.78 Å². The number of hydrogen-bond donors (Lipinski definition) is 1. The van der Waals surface area contributed by atoms with Gasteiger partial charge in [-0.15, -0.1) is 0 Å². The van der Waals surface area contributed by atoms with Crippen LogP contribution in [0.2, 0.25) is 0 Å². The molecule has 1 aliphatic rings. The Morgan fingerprint density at radius 3 is 2.83 bits per heavy atom. The molecule has 0 bridgehead atoms. The molecule has 0 amide bonds. The predicted molar refractivity (Wildman–Crippen MR) is 68.3 cm³/mol. The van der Waals surface area contributed by atoms with Gasteiger partial charge in [0.1, 0.15) is 0 Å². The van der Waals surface area contributed by atoms with E-state index in [1.54, 1.807) is 6.07 Å². The lowest BCUT2D eigenvalue weighted by molar-refractivity contribution is 0.139. The number of benzene rings is 1.